The number of piperidine rings is 1. The van der Waals surface area contributed by atoms with Gasteiger partial charge in [-0.1, -0.05) is 12.5 Å². The molecule has 6 heterocycles. The van der Waals surface area contributed by atoms with Gasteiger partial charge in [0.25, 0.3) is 0 Å². The second kappa shape index (κ2) is 13.2. The Labute approximate surface area is 298 Å². The first-order chi connectivity index (χ1) is 24.8. The zero-order valence-electron chi connectivity index (χ0n) is 29.3. The monoisotopic (exact) mass is 719 g/mol. The molecule has 3 aromatic heterocycles. The van der Waals surface area contributed by atoms with Gasteiger partial charge in [0, 0.05) is 63.8 Å². The number of halogens is 1. The van der Waals surface area contributed by atoms with E-state index < -0.39 is 22.7 Å². The Hall–Kier alpha value is -3.46. The van der Waals surface area contributed by atoms with Crippen LogP contribution in [0.5, 0.6) is 11.9 Å². The largest absolute Gasteiger partial charge is 0.480 e. The Morgan fingerprint density at radius 2 is 1.96 bits per heavy atom. The standard InChI is InChI=1S/C37H46FN7O5S/c1-21-6-7-27-26(15-39-43-27)29(21)32-31(38)33-30(35(40-32)48-2)34(44-11-12-49-17-25(46)16-44)42-36(41-33)50-20-37-8-3-5-28(37)45(10-4-9-37)24-13-22-18-51(47)19-23(22)14-24/h6-7,15,22-25,28,46H,3-5,8-14,16-20H2,1-2H3,(H,39,43). The lowest BCUT2D eigenvalue weighted by molar-refractivity contribution is -0.0223. The highest BCUT2D eigenvalue weighted by Gasteiger charge is 2.52. The Morgan fingerprint density at radius 3 is 2.78 bits per heavy atom. The van der Waals surface area contributed by atoms with Crippen LogP contribution >= 0.6 is 0 Å². The number of aryl methyl sites for hydroxylation is 1. The molecule has 2 N–H and O–H groups in total. The fourth-order valence-corrected chi connectivity index (χ4v) is 12.0. The van der Waals surface area contributed by atoms with E-state index in [4.69, 9.17) is 29.2 Å². The molecule has 0 bridgehead atoms. The van der Waals surface area contributed by atoms with Crippen molar-refractivity contribution in [3.63, 3.8) is 0 Å². The zero-order valence-corrected chi connectivity index (χ0v) is 30.1. The number of H-pyrrole nitrogens is 1. The predicted octanol–water partition coefficient (Wildman–Crippen LogP) is 4.39. The van der Waals surface area contributed by atoms with Crippen molar-refractivity contribution in [2.24, 2.45) is 17.3 Å². The van der Waals surface area contributed by atoms with E-state index in [1.54, 1.807) is 6.20 Å². The van der Waals surface area contributed by atoms with E-state index in [9.17, 15) is 9.32 Å². The SMILES string of the molecule is COc1nc(-c2c(C)ccc3[nH]ncc23)c(F)c2nc(OCC34CCCC3N(C3CC5CS(=O)CC5C3)CCC4)nc(N3CCOCC(O)C3)c12. The number of fused-ring (bicyclic) bond motifs is 4. The van der Waals surface area contributed by atoms with Crippen molar-refractivity contribution in [3.05, 3.63) is 29.7 Å². The topological polar surface area (TPSA) is 139 Å². The van der Waals surface area contributed by atoms with Crippen molar-refractivity contribution >= 4 is 38.4 Å². The molecule has 1 aromatic carbocycles. The summed E-state index contributed by atoms with van der Waals surface area (Å²) in [5.41, 5.74) is 2.33. The molecule has 5 unspecified atom stereocenters. The molecule has 51 heavy (non-hydrogen) atoms. The Bertz CT molecular complexity index is 1980. The molecular weight excluding hydrogens is 674 g/mol. The number of hydrogen-bond acceptors (Lipinski definition) is 11. The highest BCUT2D eigenvalue weighted by Crippen LogP contribution is 2.51. The first kappa shape index (κ1) is 33.4. The van der Waals surface area contributed by atoms with Gasteiger partial charge in [0.1, 0.15) is 22.4 Å². The lowest BCUT2D eigenvalue weighted by Crippen LogP contribution is -2.55. The molecule has 9 rings (SSSR count). The number of nitrogens with one attached hydrogen (secondary N) is 1. The van der Waals surface area contributed by atoms with Crippen LogP contribution in [0.4, 0.5) is 10.2 Å². The molecule has 0 spiro atoms. The molecular formula is C37H46FN7O5S. The molecule has 14 heteroatoms. The van der Waals surface area contributed by atoms with Crippen molar-refractivity contribution in [1.82, 2.24) is 30.0 Å². The lowest BCUT2D eigenvalue weighted by Gasteiger charge is -2.48. The molecule has 5 aliphatic rings. The molecule has 0 radical (unpaired) electrons. The quantitative estimate of drug-likeness (QED) is 0.281. The summed E-state index contributed by atoms with van der Waals surface area (Å²) in [4.78, 5) is 19.1. The number of anilines is 1. The van der Waals surface area contributed by atoms with Gasteiger partial charge in [-0.25, -0.2) is 9.37 Å². The fraction of sp³-hybridized carbons (Fsp3) is 0.622. The molecule has 272 valence electrons. The Balaban J connectivity index is 1.10. The van der Waals surface area contributed by atoms with Crippen LogP contribution in [0, 0.1) is 30.0 Å². The summed E-state index contributed by atoms with van der Waals surface area (Å²) < 4.78 is 47.5. The molecule has 0 amide bonds. The Morgan fingerprint density at radius 1 is 1.14 bits per heavy atom. The van der Waals surface area contributed by atoms with E-state index in [-0.39, 0.29) is 41.7 Å². The van der Waals surface area contributed by atoms with E-state index in [0.29, 0.717) is 60.4 Å². The summed E-state index contributed by atoms with van der Waals surface area (Å²) in [6, 6.07) is 4.87. The predicted molar refractivity (Wildman–Crippen MR) is 192 cm³/mol. The normalized spacial score (nSPS) is 31.3. The number of likely N-dealkylation sites (tertiary alicyclic amines) is 1. The number of aromatic amines is 1. The molecule has 2 aliphatic carbocycles. The number of nitrogens with zero attached hydrogens (tertiary/aromatic N) is 6. The van der Waals surface area contributed by atoms with E-state index in [1.165, 1.54) is 7.11 Å². The van der Waals surface area contributed by atoms with Crippen LogP contribution in [-0.2, 0) is 15.5 Å². The summed E-state index contributed by atoms with van der Waals surface area (Å²) in [6.07, 6.45) is 8.74. The van der Waals surface area contributed by atoms with Crippen LogP contribution in [0.25, 0.3) is 33.1 Å². The van der Waals surface area contributed by atoms with Gasteiger partial charge in [-0.2, -0.15) is 15.1 Å². The van der Waals surface area contributed by atoms with Gasteiger partial charge in [0.05, 0.1) is 44.7 Å². The summed E-state index contributed by atoms with van der Waals surface area (Å²) in [5.74, 6) is 2.89. The van der Waals surface area contributed by atoms with Crippen LogP contribution in [0.3, 0.4) is 0 Å². The number of aliphatic hydroxyl groups is 1. The summed E-state index contributed by atoms with van der Waals surface area (Å²) >= 11 is 0. The lowest BCUT2D eigenvalue weighted by atomic mass is 9.75. The second-order valence-corrected chi connectivity index (χ2v) is 17.0. The van der Waals surface area contributed by atoms with Gasteiger partial charge in [-0.05, 0) is 75.5 Å². The van der Waals surface area contributed by atoms with Gasteiger partial charge >= 0.3 is 6.01 Å². The van der Waals surface area contributed by atoms with Gasteiger partial charge < -0.3 is 24.2 Å². The highest BCUT2D eigenvalue weighted by atomic mass is 32.2. The number of pyridine rings is 1. The number of benzene rings is 1. The van der Waals surface area contributed by atoms with Crippen LogP contribution in [0.2, 0.25) is 0 Å². The average molecular weight is 720 g/mol. The third-order valence-corrected chi connectivity index (χ3v) is 14.0. The van der Waals surface area contributed by atoms with Crippen molar-refractivity contribution < 1.29 is 27.9 Å². The average Bonchev–Trinajstić information content (AvgIpc) is 3.90. The molecule has 5 fully saturated rings. The maximum absolute atomic E-state index is 17.1. The maximum Gasteiger partial charge on any atom is 0.319 e. The smallest absolute Gasteiger partial charge is 0.319 e. The number of ether oxygens (including phenoxy) is 3. The van der Waals surface area contributed by atoms with Crippen molar-refractivity contribution in [2.45, 2.75) is 70.1 Å². The second-order valence-electron chi connectivity index (χ2n) is 15.4. The number of aromatic nitrogens is 5. The first-order valence-corrected chi connectivity index (χ1v) is 19.9. The summed E-state index contributed by atoms with van der Waals surface area (Å²) in [7, 11) is 0.860. The number of methoxy groups -OCH3 is 1. The molecule has 3 aliphatic heterocycles. The van der Waals surface area contributed by atoms with Crippen LogP contribution in [-0.4, -0.2) is 116 Å². The molecule has 12 nitrogen and oxygen atoms in total. The summed E-state index contributed by atoms with van der Waals surface area (Å²) in [5, 5.41) is 19.0. The van der Waals surface area contributed by atoms with Gasteiger partial charge in [0.15, 0.2) is 5.82 Å². The van der Waals surface area contributed by atoms with Gasteiger partial charge in [-0.3, -0.25) is 14.2 Å². The van der Waals surface area contributed by atoms with Crippen molar-refractivity contribution in [1.29, 1.82) is 0 Å². The van der Waals surface area contributed by atoms with Gasteiger partial charge in [-0.15, -0.1) is 0 Å². The number of aliphatic hydroxyl groups excluding tert-OH is 1. The molecule has 4 aromatic rings. The van der Waals surface area contributed by atoms with Crippen molar-refractivity contribution in [2.75, 3.05) is 63.0 Å². The van der Waals surface area contributed by atoms with Crippen molar-refractivity contribution in [3.8, 4) is 23.1 Å². The van der Waals surface area contributed by atoms with Crippen LogP contribution in [0.1, 0.15) is 50.5 Å². The molecule has 3 saturated heterocycles. The minimum absolute atomic E-state index is 0.0441. The van der Waals surface area contributed by atoms with E-state index in [1.807, 2.05) is 24.0 Å². The minimum Gasteiger partial charge on any atom is -0.480 e. The van der Waals surface area contributed by atoms with Crippen LogP contribution < -0.4 is 14.4 Å². The Kier molecular flexibility index (Phi) is 8.63. The third kappa shape index (κ3) is 5.77. The molecule has 5 atom stereocenters. The van der Waals surface area contributed by atoms with Gasteiger partial charge in [0.2, 0.25) is 5.88 Å². The number of hydrogen-bond donors (Lipinski definition) is 2. The maximum atomic E-state index is 17.1. The van der Waals surface area contributed by atoms with Crippen LogP contribution in [0.15, 0.2) is 18.3 Å². The van der Waals surface area contributed by atoms with E-state index in [2.05, 4.69) is 15.1 Å². The number of rotatable bonds is 7. The fourth-order valence-electron chi connectivity index (χ4n) is 10.1. The first-order valence-electron chi connectivity index (χ1n) is 18.4. The highest BCUT2D eigenvalue weighted by molar-refractivity contribution is 7.85. The summed E-state index contributed by atoms with van der Waals surface area (Å²) in [6.45, 7) is 4.70. The zero-order chi connectivity index (χ0) is 34.9. The third-order valence-electron chi connectivity index (χ3n) is 12.4. The van der Waals surface area contributed by atoms with E-state index >= 15 is 4.39 Å². The number of β-amino-alcohol motifs (C(OH)–C–C–N with tert-alkyl or cyclic N) is 1. The minimum atomic E-state index is -0.757. The molecule has 2 saturated carbocycles. The van der Waals surface area contributed by atoms with E-state index in [0.717, 1.165) is 79.5 Å².